The Kier molecular flexibility index (Phi) is 7.55. The zero-order valence-electron chi connectivity index (χ0n) is 18.0. The smallest absolute Gasteiger partial charge is 0.267 e. The maximum Gasteiger partial charge on any atom is 0.278 e. The number of pyridine rings is 1. The first kappa shape index (κ1) is 23.0. The van der Waals surface area contributed by atoms with E-state index in [-0.39, 0.29) is 22.2 Å². The van der Waals surface area contributed by atoms with E-state index in [4.69, 9.17) is 11.6 Å². The molecule has 0 spiro atoms. The fourth-order valence-electron chi connectivity index (χ4n) is 3.24. The lowest BCUT2D eigenvalue weighted by Gasteiger charge is -2.35. The summed E-state index contributed by atoms with van der Waals surface area (Å²) < 4.78 is 0. The van der Waals surface area contributed by atoms with E-state index in [1.54, 1.807) is 24.3 Å². The van der Waals surface area contributed by atoms with Crippen molar-refractivity contribution in [1.82, 2.24) is 15.4 Å². The minimum absolute atomic E-state index is 0.0697. The molecule has 0 aliphatic carbocycles. The van der Waals surface area contributed by atoms with E-state index < -0.39 is 11.8 Å². The van der Waals surface area contributed by atoms with Gasteiger partial charge in [0.05, 0.1) is 5.56 Å². The van der Waals surface area contributed by atoms with Crippen molar-refractivity contribution >= 4 is 23.4 Å². The van der Waals surface area contributed by atoms with Crippen LogP contribution in [0.15, 0.2) is 36.5 Å². The Morgan fingerprint density at radius 2 is 1.76 bits per heavy atom. The Morgan fingerprint density at radius 1 is 1.14 bits per heavy atom. The van der Waals surface area contributed by atoms with Crippen LogP contribution in [0, 0.1) is 19.3 Å². The molecule has 0 saturated carbocycles. The van der Waals surface area contributed by atoms with Crippen LogP contribution in [0.2, 0.25) is 5.15 Å². The number of aryl methyl sites for hydroxylation is 2. The average molecular weight is 416 g/mol. The van der Waals surface area contributed by atoms with Crippen LogP contribution >= 0.6 is 11.6 Å². The lowest BCUT2D eigenvalue weighted by molar-refractivity contribution is 0.0425. The van der Waals surface area contributed by atoms with Crippen molar-refractivity contribution in [3.8, 4) is 0 Å². The molecule has 2 amide bonds. The van der Waals surface area contributed by atoms with Gasteiger partial charge in [0.15, 0.2) is 0 Å². The number of imide groups is 1. The Hall–Kier alpha value is -2.24. The summed E-state index contributed by atoms with van der Waals surface area (Å²) in [4.78, 5) is 30.7. The van der Waals surface area contributed by atoms with Crippen molar-refractivity contribution in [2.24, 2.45) is 5.41 Å². The maximum atomic E-state index is 13.4. The molecule has 0 aliphatic heterocycles. The van der Waals surface area contributed by atoms with Gasteiger partial charge in [-0.2, -0.15) is 0 Å². The first-order valence-electron chi connectivity index (χ1n) is 9.88. The molecule has 1 heterocycles. The molecule has 5 nitrogen and oxygen atoms in total. The predicted molar refractivity (Wildman–Crippen MR) is 117 cm³/mol. The molecule has 0 radical (unpaired) electrons. The fraction of sp³-hybridized carbons (Fsp3) is 0.435. The lowest BCUT2D eigenvalue weighted by atomic mass is 9.84. The molecule has 1 aromatic heterocycles. The van der Waals surface area contributed by atoms with Crippen LogP contribution in [0.25, 0.3) is 0 Å². The highest BCUT2D eigenvalue weighted by molar-refractivity contribution is 6.33. The monoisotopic (exact) mass is 415 g/mol. The van der Waals surface area contributed by atoms with E-state index in [9.17, 15) is 9.59 Å². The summed E-state index contributed by atoms with van der Waals surface area (Å²) in [7, 11) is 0. The first-order valence-corrected chi connectivity index (χ1v) is 10.3. The van der Waals surface area contributed by atoms with E-state index in [1.165, 1.54) is 6.20 Å². The lowest BCUT2D eigenvalue weighted by Crippen LogP contribution is -2.55. The fourth-order valence-corrected chi connectivity index (χ4v) is 3.44. The Balaban J connectivity index is 2.50. The van der Waals surface area contributed by atoms with Gasteiger partial charge in [-0.05, 0) is 49.9 Å². The second-order valence-electron chi connectivity index (χ2n) is 8.50. The zero-order chi connectivity index (χ0) is 21.8. The number of carbonyl (C=O) groups excluding carboxylic acids is 2. The number of hydrogen-bond donors (Lipinski definition) is 1. The van der Waals surface area contributed by atoms with Gasteiger partial charge >= 0.3 is 0 Å². The largest absolute Gasteiger partial charge is 0.278 e. The summed E-state index contributed by atoms with van der Waals surface area (Å²) >= 11 is 6.15. The van der Waals surface area contributed by atoms with Gasteiger partial charge < -0.3 is 0 Å². The second kappa shape index (κ2) is 9.51. The molecule has 1 atom stereocenters. The summed E-state index contributed by atoms with van der Waals surface area (Å²) in [5.74, 6) is -0.926. The Bertz CT molecular complexity index is 870. The van der Waals surface area contributed by atoms with Crippen molar-refractivity contribution in [3.05, 3.63) is 63.9 Å². The zero-order valence-corrected chi connectivity index (χ0v) is 18.8. The van der Waals surface area contributed by atoms with Crippen LogP contribution in [0.3, 0.4) is 0 Å². The highest BCUT2D eigenvalue weighted by Crippen LogP contribution is 2.25. The molecule has 0 saturated heterocycles. The van der Waals surface area contributed by atoms with Gasteiger partial charge in [0, 0.05) is 17.8 Å². The van der Waals surface area contributed by atoms with E-state index in [0.29, 0.717) is 5.56 Å². The van der Waals surface area contributed by atoms with Crippen LogP contribution < -0.4 is 5.43 Å². The number of amides is 2. The molecule has 0 bridgehead atoms. The Labute approximate surface area is 178 Å². The third-order valence-electron chi connectivity index (χ3n) is 4.77. The van der Waals surface area contributed by atoms with Gasteiger partial charge in [0.2, 0.25) is 0 Å². The summed E-state index contributed by atoms with van der Waals surface area (Å²) in [5, 5.41) is 1.17. The number of carbonyl (C=O) groups is 2. The first-order chi connectivity index (χ1) is 13.5. The second-order valence-corrected chi connectivity index (χ2v) is 8.86. The number of hydrogen-bond acceptors (Lipinski definition) is 4. The molecule has 156 valence electrons. The van der Waals surface area contributed by atoms with Crippen LogP contribution in [0.5, 0.6) is 0 Å². The number of benzene rings is 1. The van der Waals surface area contributed by atoms with Gasteiger partial charge in [-0.25, -0.2) is 15.4 Å². The van der Waals surface area contributed by atoms with Gasteiger partial charge in [-0.3, -0.25) is 9.59 Å². The normalized spacial score (nSPS) is 12.5. The van der Waals surface area contributed by atoms with Crippen molar-refractivity contribution in [2.75, 3.05) is 0 Å². The minimum atomic E-state index is -0.516. The van der Waals surface area contributed by atoms with E-state index in [0.717, 1.165) is 29.0 Å². The molecule has 29 heavy (non-hydrogen) atoms. The predicted octanol–water partition coefficient (Wildman–Crippen LogP) is 5.35. The number of nitrogens with one attached hydrogen (secondary N) is 1. The van der Waals surface area contributed by atoms with Crippen LogP contribution in [0.1, 0.15) is 72.4 Å². The number of halogens is 1. The number of hydrazine groups is 1. The summed E-state index contributed by atoms with van der Waals surface area (Å²) in [6.45, 7) is 12.2. The van der Waals surface area contributed by atoms with Gasteiger partial charge in [-0.1, -0.05) is 62.9 Å². The van der Waals surface area contributed by atoms with Crippen molar-refractivity contribution in [3.63, 3.8) is 0 Å². The quantitative estimate of drug-likeness (QED) is 0.392. The molecule has 0 fully saturated rings. The maximum absolute atomic E-state index is 13.4. The van der Waals surface area contributed by atoms with E-state index in [2.05, 4.69) is 38.1 Å². The standard InChI is InChI=1S/C23H30ClN3O2/c1-7-9-19(23(4,5)6)26-27(22(29)18-10-8-11-25-20(18)24)21(28)17-13-15(2)12-16(3)14-17/h8,10-14,19,26H,7,9H2,1-6H3/t19-/m1/s1. The highest BCUT2D eigenvalue weighted by atomic mass is 35.5. The number of aromatic nitrogens is 1. The third kappa shape index (κ3) is 5.87. The molecular formula is C23H30ClN3O2. The molecule has 2 aromatic rings. The van der Waals surface area contributed by atoms with Crippen LogP contribution in [0.4, 0.5) is 0 Å². The Morgan fingerprint density at radius 3 is 2.28 bits per heavy atom. The summed E-state index contributed by atoms with van der Waals surface area (Å²) in [5.41, 5.74) is 5.60. The molecule has 1 N–H and O–H groups in total. The van der Waals surface area contributed by atoms with Gasteiger partial charge in [-0.15, -0.1) is 0 Å². The number of rotatable bonds is 6. The molecule has 6 heteroatoms. The van der Waals surface area contributed by atoms with E-state index in [1.807, 2.05) is 19.9 Å². The molecule has 2 rings (SSSR count). The molecule has 0 unspecified atom stereocenters. The van der Waals surface area contributed by atoms with Crippen molar-refractivity contribution in [1.29, 1.82) is 0 Å². The SMILES string of the molecule is CCC[C@@H](NN(C(=O)c1cc(C)cc(C)c1)C(=O)c1cccnc1Cl)C(C)(C)C. The molecule has 1 aromatic carbocycles. The number of nitrogens with zero attached hydrogens (tertiary/aromatic N) is 2. The average Bonchev–Trinajstić information content (AvgIpc) is 2.62. The van der Waals surface area contributed by atoms with Crippen molar-refractivity contribution in [2.45, 2.75) is 60.4 Å². The van der Waals surface area contributed by atoms with Crippen LogP contribution in [-0.4, -0.2) is 27.8 Å². The van der Waals surface area contributed by atoms with Gasteiger partial charge in [0.1, 0.15) is 5.15 Å². The minimum Gasteiger partial charge on any atom is -0.267 e. The van der Waals surface area contributed by atoms with Gasteiger partial charge in [0.25, 0.3) is 11.8 Å². The molecule has 0 aliphatic rings. The highest BCUT2D eigenvalue weighted by Gasteiger charge is 2.32. The van der Waals surface area contributed by atoms with E-state index >= 15 is 0 Å². The summed E-state index contributed by atoms with van der Waals surface area (Å²) in [6, 6.07) is 8.69. The van der Waals surface area contributed by atoms with Crippen molar-refractivity contribution < 1.29 is 9.59 Å². The summed E-state index contributed by atoms with van der Waals surface area (Å²) in [6.07, 6.45) is 3.24. The molecular weight excluding hydrogens is 386 g/mol. The third-order valence-corrected chi connectivity index (χ3v) is 5.07. The van der Waals surface area contributed by atoms with Crippen LogP contribution in [-0.2, 0) is 0 Å². The topological polar surface area (TPSA) is 62.3 Å².